The fourth-order valence-corrected chi connectivity index (χ4v) is 6.71. The zero-order valence-corrected chi connectivity index (χ0v) is 32.6. The van der Waals surface area contributed by atoms with Gasteiger partial charge in [0.1, 0.15) is 6.10 Å². The van der Waals surface area contributed by atoms with Crippen LogP contribution in [-0.2, 0) is 19.1 Å². The van der Waals surface area contributed by atoms with Crippen molar-refractivity contribution in [2.24, 2.45) is 0 Å². The molecular formula is C43H79NO5. The van der Waals surface area contributed by atoms with Gasteiger partial charge in [-0.15, -0.1) is 11.8 Å². The van der Waals surface area contributed by atoms with E-state index < -0.39 is 0 Å². The molecule has 1 fully saturated rings. The highest BCUT2D eigenvalue weighted by Crippen LogP contribution is 2.26. The van der Waals surface area contributed by atoms with Crippen LogP contribution in [0.1, 0.15) is 213 Å². The lowest BCUT2D eigenvalue weighted by Gasteiger charge is -2.41. The third-order valence-electron chi connectivity index (χ3n) is 10.1. The van der Waals surface area contributed by atoms with E-state index in [4.69, 9.17) is 9.47 Å². The van der Waals surface area contributed by atoms with Gasteiger partial charge in [0, 0.05) is 31.7 Å². The summed E-state index contributed by atoms with van der Waals surface area (Å²) >= 11 is 0. The molecule has 1 aliphatic carbocycles. The van der Waals surface area contributed by atoms with Crippen molar-refractivity contribution in [1.29, 1.82) is 0 Å². The minimum atomic E-state index is -0.156. The minimum Gasteiger partial charge on any atom is -0.466 e. The maximum Gasteiger partial charge on any atom is 0.306 e. The number of carbonyl (C=O) groups is 2. The van der Waals surface area contributed by atoms with Crippen LogP contribution in [0.5, 0.6) is 0 Å². The third-order valence-corrected chi connectivity index (χ3v) is 10.1. The second-order valence-corrected chi connectivity index (χ2v) is 14.8. The molecule has 1 saturated carbocycles. The number of hydrogen-bond acceptors (Lipinski definition) is 6. The highest BCUT2D eigenvalue weighted by Gasteiger charge is 2.31. The monoisotopic (exact) mass is 690 g/mol. The molecule has 0 amide bonds. The van der Waals surface area contributed by atoms with Crippen LogP contribution in [0.2, 0.25) is 0 Å². The highest BCUT2D eigenvalue weighted by atomic mass is 16.5. The van der Waals surface area contributed by atoms with Gasteiger partial charge in [-0.05, 0) is 90.1 Å². The van der Waals surface area contributed by atoms with Gasteiger partial charge >= 0.3 is 11.9 Å². The lowest BCUT2D eigenvalue weighted by molar-refractivity contribution is -0.150. The fraction of sp³-hybridized carbons (Fsp3) is 0.907. The van der Waals surface area contributed by atoms with Crippen molar-refractivity contribution >= 4 is 11.9 Å². The molecule has 0 aromatic heterocycles. The first kappa shape index (κ1) is 45.4. The molecule has 0 aliphatic heterocycles. The summed E-state index contributed by atoms with van der Waals surface area (Å²) < 4.78 is 11.4. The first-order valence-corrected chi connectivity index (χ1v) is 21.2. The van der Waals surface area contributed by atoms with Crippen molar-refractivity contribution in [2.75, 3.05) is 19.7 Å². The van der Waals surface area contributed by atoms with E-state index in [-0.39, 0.29) is 24.1 Å². The predicted molar refractivity (Wildman–Crippen MR) is 206 cm³/mol. The number of nitrogens with zero attached hydrogens (tertiary/aromatic N) is 1. The Kier molecular flexibility index (Phi) is 31.1. The van der Waals surface area contributed by atoms with E-state index in [2.05, 4.69) is 37.5 Å². The molecule has 1 N–H and O–H groups in total. The lowest BCUT2D eigenvalue weighted by atomic mass is 9.87. The molecule has 0 radical (unpaired) electrons. The topological polar surface area (TPSA) is 76.1 Å². The van der Waals surface area contributed by atoms with Crippen molar-refractivity contribution in [2.45, 2.75) is 232 Å². The zero-order chi connectivity index (χ0) is 35.6. The summed E-state index contributed by atoms with van der Waals surface area (Å²) in [5.41, 5.74) is 0. The standard InChI is InChI=1S/C43H79NO5/c1-4-7-10-13-16-22-29-36-48-42(46)32-25-20-17-21-27-34-44(39-37-40(45)38-39)35-28-26-33-43(47)49-41(30-23-18-14-11-8-5-2)31-24-19-15-12-9-6-3/h39-41,45H,4-12,14-15,17-38H2,1-3H3. The van der Waals surface area contributed by atoms with Crippen molar-refractivity contribution in [3.63, 3.8) is 0 Å². The average Bonchev–Trinajstić information content (AvgIpc) is 3.08. The first-order chi connectivity index (χ1) is 24.0. The Labute approximate surface area is 303 Å². The van der Waals surface area contributed by atoms with Gasteiger partial charge in [-0.25, -0.2) is 0 Å². The third kappa shape index (κ3) is 27.8. The number of ether oxygens (including phenoxy) is 2. The minimum absolute atomic E-state index is 0.0106. The van der Waals surface area contributed by atoms with Crippen molar-refractivity contribution in [3.8, 4) is 11.8 Å². The molecule has 286 valence electrons. The van der Waals surface area contributed by atoms with E-state index in [1.54, 1.807) is 0 Å². The maximum atomic E-state index is 12.8. The molecule has 6 nitrogen and oxygen atoms in total. The molecule has 0 aromatic carbocycles. The number of esters is 2. The Morgan fingerprint density at radius 2 is 1.08 bits per heavy atom. The van der Waals surface area contributed by atoms with Crippen LogP contribution < -0.4 is 0 Å². The molecule has 1 aliphatic rings. The Morgan fingerprint density at radius 3 is 1.67 bits per heavy atom. The van der Waals surface area contributed by atoms with Gasteiger partial charge in [-0.3, -0.25) is 9.59 Å². The number of rotatable bonds is 34. The normalized spacial score (nSPS) is 15.6. The number of aliphatic hydroxyl groups excluding tert-OH is 1. The smallest absolute Gasteiger partial charge is 0.306 e. The number of carbonyl (C=O) groups excluding carboxylic acids is 2. The molecule has 0 spiro atoms. The Hall–Kier alpha value is -1.58. The zero-order valence-electron chi connectivity index (χ0n) is 32.6. The molecule has 0 atom stereocenters. The van der Waals surface area contributed by atoms with Gasteiger partial charge in [0.15, 0.2) is 0 Å². The first-order valence-electron chi connectivity index (χ1n) is 21.2. The summed E-state index contributed by atoms with van der Waals surface area (Å²) in [7, 11) is 0. The van der Waals surface area contributed by atoms with Gasteiger partial charge in [0.25, 0.3) is 0 Å². The highest BCUT2D eigenvalue weighted by molar-refractivity contribution is 5.69. The summed E-state index contributed by atoms with van der Waals surface area (Å²) in [6, 6.07) is 0.470. The molecule has 1 rings (SSSR count). The Morgan fingerprint density at radius 1 is 0.612 bits per heavy atom. The molecule has 0 saturated heterocycles. The van der Waals surface area contributed by atoms with Gasteiger partial charge in [0.05, 0.1) is 12.7 Å². The SMILES string of the molecule is CCCCC#CCCCOC(=O)CCCCCCCN(CCCCC(=O)OC(CCCCCCCC)CCCCCCCC)C1CC(O)C1. The number of hydrogen-bond donors (Lipinski definition) is 1. The van der Waals surface area contributed by atoms with E-state index in [1.165, 1.54) is 83.5 Å². The fourth-order valence-electron chi connectivity index (χ4n) is 6.71. The van der Waals surface area contributed by atoms with Crippen LogP contribution in [0.15, 0.2) is 0 Å². The van der Waals surface area contributed by atoms with Gasteiger partial charge in [-0.2, -0.15) is 0 Å². The molecule has 0 bridgehead atoms. The molecular weight excluding hydrogens is 610 g/mol. The number of unbranched alkanes of at least 4 members (excludes halogenated alkanes) is 18. The molecule has 0 heterocycles. The van der Waals surface area contributed by atoms with Crippen LogP contribution in [-0.4, -0.2) is 59.9 Å². The lowest BCUT2D eigenvalue weighted by Crippen LogP contribution is -2.47. The predicted octanol–water partition coefficient (Wildman–Crippen LogP) is 11.3. The van der Waals surface area contributed by atoms with Crippen LogP contribution in [0.4, 0.5) is 0 Å². The van der Waals surface area contributed by atoms with Gasteiger partial charge in [0.2, 0.25) is 0 Å². The van der Waals surface area contributed by atoms with Crippen LogP contribution in [0.25, 0.3) is 0 Å². The molecule has 49 heavy (non-hydrogen) atoms. The Balaban J connectivity index is 2.24. The van der Waals surface area contributed by atoms with E-state index in [0.717, 1.165) is 109 Å². The second-order valence-electron chi connectivity index (χ2n) is 14.8. The van der Waals surface area contributed by atoms with Crippen molar-refractivity contribution in [3.05, 3.63) is 0 Å². The maximum absolute atomic E-state index is 12.8. The van der Waals surface area contributed by atoms with Crippen LogP contribution in [0.3, 0.4) is 0 Å². The van der Waals surface area contributed by atoms with E-state index in [0.29, 0.717) is 25.5 Å². The van der Waals surface area contributed by atoms with Crippen LogP contribution in [0, 0.1) is 11.8 Å². The molecule has 0 unspecified atom stereocenters. The van der Waals surface area contributed by atoms with Crippen molar-refractivity contribution in [1.82, 2.24) is 4.90 Å². The van der Waals surface area contributed by atoms with E-state index in [9.17, 15) is 14.7 Å². The van der Waals surface area contributed by atoms with Gasteiger partial charge < -0.3 is 19.5 Å². The van der Waals surface area contributed by atoms with E-state index in [1.807, 2.05) is 0 Å². The molecule has 0 aromatic rings. The quantitative estimate of drug-likeness (QED) is 0.0412. The van der Waals surface area contributed by atoms with Gasteiger partial charge in [-0.1, -0.05) is 111 Å². The Bertz CT molecular complexity index is 814. The summed E-state index contributed by atoms with van der Waals surface area (Å²) in [6.07, 6.45) is 32.2. The largest absolute Gasteiger partial charge is 0.466 e. The average molecular weight is 690 g/mol. The number of aliphatic hydroxyl groups is 1. The molecule has 6 heteroatoms. The summed E-state index contributed by atoms with van der Waals surface area (Å²) in [4.78, 5) is 27.4. The van der Waals surface area contributed by atoms with Crippen molar-refractivity contribution < 1.29 is 24.2 Å². The van der Waals surface area contributed by atoms with Crippen LogP contribution >= 0.6 is 0 Å². The summed E-state index contributed by atoms with van der Waals surface area (Å²) in [5.74, 6) is 6.25. The second kappa shape index (κ2) is 33.6. The van der Waals surface area contributed by atoms with E-state index >= 15 is 0 Å². The summed E-state index contributed by atoms with van der Waals surface area (Å²) in [5, 5.41) is 9.93. The summed E-state index contributed by atoms with van der Waals surface area (Å²) in [6.45, 7) is 9.20.